The second-order valence-electron chi connectivity index (χ2n) is 7.41. The topological polar surface area (TPSA) is 9.23 Å². The van der Waals surface area contributed by atoms with Gasteiger partial charge in [0, 0.05) is 0 Å². The monoisotopic (exact) mass is 262 g/mol. The van der Waals surface area contributed by atoms with Crippen LogP contribution in [0.5, 0.6) is 5.75 Å². The van der Waals surface area contributed by atoms with Crippen LogP contribution < -0.4 is 4.74 Å². The van der Waals surface area contributed by atoms with Gasteiger partial charge in [-0.05, 0) is 34.4 Å². The Balaban J connectivity index is 3.11. The maximum absolute atomic E-state index is 5.97. The van der Waals surface area contributed by atoms with Crippen molar-refractivity contribution in [3.8, 4) is 5.75 Å². The standard InChI is InChI=1S/C18H30O/c1-8-9-12-19-16-11-10-14(17(2,3)4)13-15(16)18(5,6)7/h10-11,13H,8-9,12H2,1-7H3. The van der Waals surface area contributed by atoms with E-state index >= 15 is 0 Å². The Kier molecular flexibility index (Phi) is 5.06. The smallest absolute Gasteiger partial charge is 0.123 e. The van der Waals surface area contributed by atoms with Crippen LogP contribution in [0.25, 0.3) is 0 Å². The number of rotatable bonds is 4. The highest BCUT2D eigenvalue weighted by Gasteiger charge is 2.22. The van der Waals surface area contributed by atoms with Crippen LogP contribution >= 0.6 is 0 Å². The van der Waals surface area contributed by atoms with Gasteiger partial charge in [-0.3, -0.25) is 0 Å². The van der Waals surface area contributed by atoms with Gasteiger partial charge in [0.15, 0.2) is 0 Å². The average molecular weight is 262 g/mol. The zero-order valence-corrected chi connectivity index (χ0v) is 13.8. The predicted molar refractivity (Wildman–Crippen MR) is 84.2 cm³/mol. The van der Waals surface area contributed by atoms with Gasteiger partial charge in [-0.25, -0.2) is 0 Å². The number of benzene rings is 1. The van der Waals surface area contributed by atoms with Crippen molar-refractivity contribution in [1.82, 2.24) is 0 Å². The van der Waals surface area contributed by atoms with E-state index in [9.17, 15) is 0 Å². The minimum atomic E-state index is 0.114. The molecule has 1 heteroatoms. The van der Waals surface area contributed by atoms with Crippen LogP contribution in [0.15, 0.2) is 18.2 Å². The number of hydrogen-bond acceptors (Lipinski definition) is 1. The summed E-state index contributed by atoms with van der Waals surface area (Å²) in [5.74, 6) is 1.05. The summed E-state index contributed by atoms with van der Waals surface area (Å²) in [6.45, 7) is 16.5. The van der Waals surface area contributed by atoms with Crippen LogP contribution in [0.1, 0.15) is 72.4 Å². The first-order valence-corrected chi connectivity index (χ1v) is 7.44. The van der Waals surface area contributed by atoms with Crippen LogP contribution in [0.3, 0.4) is 0 Å². The van der Waals surface area contributed by atoms with Crippen molar-refractivity contribution < 1.29 is 4.74 Å². The van der Waals surface area contributed by atoms with Crippen molar-refractivity contribution >= 4 is 0 Å². The van der Waals surface area contributed by atoms with Gasteiger partial charge in [-0.2, -0.15) is 0 Å². The van der Waals surface area contributed by atoms with Gasteiger partial charge < -0.3 is 4.74 Å². The molecule has 0 aromatic heterocycles. The first-order valence-electron chi connectivity index (χ1n) is 7.44. The van der Waals surface area contributed by atoms with E-state index in [0.717, 1.165) is 18.8 Å². The number of hydrogen-bond donors (Lipinski definition) is 0. The summed E-state index contributed by atoms with van der Waals surface area (Å²) in [6, 6.07) is 6.68. The molecule has 0 unspecified atom stereocenters. The van der Waals surface area contributed by atoms with E-state index in [4.69, 9.17) is 4.74 Å². The van der Waals surface area contributed by atoms with E-state index in [1.807, 2.05) is 0 Å². The van der Waals surface area contributed by atoms with Gasteiger partial charge in [-0.1, -0.05) is 67.0 Å². The molecule has 0 radical (unpaired) electrons. The van der Waals surface area contributed by atoms with Crippen molar-refractivity contribution in [2.45, 2.75) is 72.1 Å². The van der Waals surface area contributed by atoms with Gasteiger partial charge >= 0.3 is 0 Å². The van der Waals surface area contributed by atoms with E-state index in [-0.39, 0.29) is 10.8 Å². The minimum Gasteiger partial charge on any atom is -0.493 e. The van der Waals surface area contributed by atoms with Gasteiger partial charge in [0.1, 0.15) is 5.75 Å². The Labute approximate surface area is 119 Å². The van der Waals surface area contributed by atoms with Crippen LogP contribution in [0, 0.1) is 0 Å². The second-order valence-corrected chi connectivity index (χ2v) is 7.41. The van der Waals surface area contributed by atoms with Gasteiger partial charge in [-0.15, -0.1) is 0 Å². The second kappa shape index (κ2) is 5.98. The SMILES string of the molecule is CCCCOc1ccc(C(C)(C)C)cc1C(C)(C)C. The molecular weight excluding hydrogens is 232 g/mol. The molecule has 1 aromatic carbocycles. The Morgan fingerprint density at radius 1 is 0.947 bits per heavy atom. The Morgan fingerprint density at radius 2 is 1.58 bits per heavy atom. The van der Waals surface area contributed by atoms with Gasteiger partial charge in [0.25, 0.3) is 0 Å². The lowest BCUT2D eigenvalue weighted by Gasteiger charge is -2.27. The fraction of sp³-hybridized carbons (Fsp3) is 0.667. The normalized spacial score (nSPS) is 12.6. The summed E-state index contributed by atoms with van der Waals surface area (Å²) in [6.07, 6.45) is 2.29. The van der Waals surface area contributed by atoms with Crippen molar-refractivity contribution in [2.24, 2.45) is 0 Å². The highest BCUT2D eigenvalue weighted by molar-refractivity contribution is 5.43. The quantitative estimate of drug-likeness (QED) is 0.655. The van der Waals surface area contributed by atoms with Crippen molar-refractivity contribution in [1.29, 1.82) is 0 Å². The van der Waals surface area contributed by atoms with Crippen molar-refractivity contribution in [2.75, 3.05) is 6.61 Å². The molecule has 1 aromatic rings. The van der Waals surface area contributed by atoms with Crippen LogP contribution in [-0.4, -0.2) is 6.61 Å². The van der Waals surface area contributed by atoms with Gasteiger partial charge in [0.05, 0.1) is 6.61 Å². The molecule has 0 saturated heterocycles. The van der Waals surface area contributed by atoms with Crippen LogP contribution in [0.2, 0.25) is 0 Å². The largest absolute Gasteiger partial charge is 0.493 e. The van der Waals surface area contributed by atoms with E-state index in [1.54, 1.807) is 0 Å². The highest BCUT2D eigenvalue weighted by Crippen LogP contribution is 2.35. The molecule has 0 aliphatic carbocycles. The lowest BCUT2D eigenvalue weighted by Crippen LogP contribution is -2.17. The summed E-state index contributed by atoms with van der Waals surface area (Å²) in [5.41, 5.74) is 2.99. The van der Waals surface area contributed by atoms with E-state index < -0.39 is 0 Å². The van der Waals surface area contributed by atoms with Crippen molar-refractivity contribution in [3.05, 3.63) is 29.3 Å². The summed E-state index contributed by atoms with van der Waals surface area (Å²) in [4.78, 5) is 0. The lowest BCUT2D eigenvalue weighted by atomic mass is 9.80. The van der Waals surface area contributed by atoms with Gasteiger partial charge in [0.2, 0.25) is 0 Å². The zero-order valence-electron chi connectivity index (χ0n) is 13.8. The fourth-order valence-electron chi connectivity index (χ4n) is 2.03. The molecule has 0 heterocycles. The molecule has 0 N–H and O–H groups in total. The van der Waals surface area contributed by atoms with E-state index in [0.29, 0.717) is 0 Å². The molecule has 19 heavy (non-hydrogen) atoms. The summed E-state index contributed by atoms with van der Waals surface area (Å²) >= 11 is 0. The maximum Gasteiger partial charge on any atom is 0.123 e. The lowest BCUT2D eigenvalue weighted by molar-refractivity contribution is 0.301. The molecule has 0 bridgehead atoms. The Hall–Kier alpha value is -0.980. The molecule has 108 valence electrons. The molecule has 0 amide bonds. The molecular formula is C18H30O. The molecule has 0 aliphatic rings. The maximum atomic E-state index is 5.97. The number of ether oxygens (including phenoxy) is 1. The predicted octanol–water partition coefficient (Wildman–Crippen LogP) is 5.46. The van der Waals surface area contributed by atoms with Crippen LogP contribution in [0.4, 0.5) is 0 Å². The third-order valence-corrected chi connectivity index (χ3v) is 3.41. The highest BCUT2D eigenvalue weighted by atomic mass is 16.5. The summed E-state index contributed by atoms with van der Waals surface area (Å²) in [5, 5.41) is 0. The van der Waals surface area contributed by atoms with E-state index in [2.05, 4.69) is 66.7 Å². The number of unbranched alkanes of at least 4 members (excludes halogenated alkanes) is 1. The molecule has 0 fully saturated rings. The summed E-state index contributed by atoms with van der Waals surface area (Å²) < 4.78 is 5.97. The molecule has 0 saturated carbocycles. The average Bonchev–Trinajstić information content (AvgIpc) is 2.27. The minimum absolute atomic E-state index is 0.114. The Bertz CT molecular complexity index is 405. The third-order valence-electron chi connectivity index (χ3n) is 3.41. The molecule has 1 rings (SSSR count). The fourth-order valence-corrected chi connectivity index (χ4v) is 2.03. The third kappa shape index (κ3) is 4.56. The molecule has 0 atom stereocenters. The molecule has 0 spiro atoms. The van der Waals surface area contributed by atoms with Crippen LogP contribution in [-0.2, 0) is 10.8 Å². The molecule has 0 aliphatic heterocycles. The molecule has 1 nitrogen and oxygen atoms in total. The first kappa shape index (κ1) is 16.1. The zero-order chi connectivity index (χ0) is 14.7. The van der Waals surface area contributed by atoms with Crippen molar-refractivity contribution in [3.63, 3.8) is 0 Å². The summed E-state index contributed by atoms with van der Waals surface area (Å²) in [7, 11) is 0. The van der Waals surface area contributed by atoms with E-state index in [1.165, 1.54) is 17.5 Å². The Morgan fingerprint density at radius 3 is 2.05 bits per heavy atom. The first-order chi connectivity index (χ1) is 8.66.